The fraction of sp³-hybridized carbons (Fsp3) is 0.533. The molecule has 2 heterocycles. The van der Waals surface area contributed by atoms with Crippen molar-refractivity contribution in [3.05, 3.63) is 26.7 Å². The Hall–Kier alpha value is -0.710. The van der Waals surface area contributed by atoms with E-state index in [1.807, 2.05) is 6.20 Å². The molecule has 1 fully saturated rings. The number of aromatic amines is 1. The molecular formula is C15H17Cl2N3S. The zero-order valence-corrected chi connectivity index (χ0v) is 14.0. The fourth-order valence-electron chi connectivity index (χ4n) is 3.12. The predicted octanol–water partition coefficient (Wildman–Crippen LogP) is 5.82. The number of pyridine rings is 1. The number of halogens is 2. The van der Waals surface area contributed by atoms with Gasteiger partial charge in [0.1, 0.15) is 11.0 Å². The first-order valence-corrected chi connectivity index (χ1v) is 8.57. The summed E-state index contributed by atoms with van der Waals surface area (Å²) in [6.45, 7) is 0. The van der Waals surface area contributed by atoms with Gasteiger partial charge in [0.2, 0.25) is 5.28 Å². The van der Waals surface area contributed by atoms with Crippen molar-refractivity contribution in [1.82, 2.24) is 15.0 Å². The van der Waals surface area contributed by atoms with E-state index in [2.05, 4.69) is 15.0 Å². The molecule has 0 unspecified atom stereocenters. The molecule has 2 aromatic heterocycles. The number of aromatic nitrogens is 3. The summed E-state index contributed by atoms with van der Waals surface area (Å²) < 4.78 is 0.764. The van der Waals surface area contributed by atoms with Gasteiger partial charge in [0, 0.05) is 6.20 Å². The number of rotatable bonds is 1. The van der Waals surface area contributed by atoms with Crippen LogP contribution in [0, 0.1) is 4.51 Å². The summed E-state index contributed by atoms with van der Waals surface area (Å²) >= 11 is 17.7. The number of H-pyrrole nitrogens is 1. The largest absolute Gasteiger partial charge is 0.357 e. The number of hydrogen-bond donors (Lipinski definition) is 1. The topological polar surface area (TPSA) is 41.6 Å². The van der Waals surface area contributed by atoms with Gasteiger partial charge in [-0.2, -0.15) is 0 Å². The van der Waals surface area contributed by atoms with Crippen molar-refractivity contribution in [2.24, 2.45) is 0 Å². The first kappa shape index (κ1) is 15.2. The predicted molar refractivity (Wildman–Crippen MR) is 89.8 cm³/mol. The van der Waals surface area contributed by atoms with Crippen LogP contribution in [0.15, 0.2) is 6.20 Å². The second-order valence-corrected chi connectivity index (χ2v) is 6.73. The van der Waals surface area contributed by atoms with E-state index in [4.69, 9.17) is 35.4 Å². The third kappa shape index (κ3) is 3.22. The number of nitrogens with one attached hydrogen (secondary N) is 1. The molecule has 0 bridgehead atoms. The fourth-order valence-corrected chi connectivity index (χ4v) is 3.93. The summed E-state index contributed by atoms with van der Waals surface area (Å²) in [6, 6.07) is 0. The Bertz CT molecular complexity index is 706. The molecule has 1 aliphatic carbocycles. The van der Waals surface area contributed by atoms with Crippen LogP contribution < -0.4 is 0 Å². The SMILES string of the molecule is S=c1c(C2CCCCCCC2)c[nH]c2c(Cl)nc(Cl)nc12. The van der Waals surface area contributed by atoms with Crippen molar-refractivity contribution in [1.29, 1.82) is 0 Å². The zero-order valence-electron chi connectivity index (χ0n) is 11.7. The van der Waals surface area contributed by atoms with E-state index in [1.54, 1.807) is 0 Å². The molecule has 0 radical (unpaired) electrons. The summed E-state index contributed by atoms with van der Waals surface area (Å²) in [5.74, 6) is 0.506. The van der Waals surface area contributed by atoms with Crippen LogP contribution >= 0.6 is 35.4 Å². The molecule has 1 saturated carbocycles. The minimum Gasteiger partial charge on any atom is -0.357 e. The third-order valence-corrected chi connectivity index (χ3v) is 5.10. The van der Waals surface area contributed by atoms with Crippen LogP contribution in [-0.2, 0) is 0 Å². The lowest BCUT2D eigenvalue weighted by molar-refractivity contribution is 0.455. The van der Waals surface area contributed by atoms with Gasteiger partial charge in [0.05, 0.1) is 4.51 Å². The molecule has 6 heteroatoms. The average molecular weight is 342 g/mol. The Morgan fingerprint density at radius 1 is 1.05 bits per heavy atom. The highest BCUT2D eigenvalue weighted by atomic mass is 35.5. The molecule has 112 valence electrons. The molecule has 1 N–H and O–H groups in total. The highest BCUT2D eigenvalue weighted by Gasteiger charge is 2.18. The number of fused-ring (bicyclic) bond motifs is 1. The molecule has 1 aliphatic rings. The monoisotopic (exact) mass is 341 g/mol. The lowest BCUT2D eigenvalue weighted by Crippen LogP contribution is -2.05. The number of hydrogen-bond acceptors (Lipinski definition) is 3. The van der Waals surface area contributed by atoms with Gasteiger partial charge in [-0.3, -0.25) is 0 Å². The van der Waals surface area contributed by atoms with Gasteiger partial charge in [-0.05, 0) is 35.9 Å². The first-order chi connectivity index (χ1) is 10.2. The van der Waals surface area contributed by atoms with Crippen molar-refractivity contribution in [3.8, 4) is 0 Å². The van der Waals surface area contributed by atoms with Crippen LogP contribution in [0.2, 0.25) is 10.4 Å². The van der Waals surface area contributed by atoms with Gasteiger partial charge in [-0.1, -0.05) is 55.9 Å². The van der Waals surface area contributed by atoms with Gasteiger partial charge in [-0.25, -0.2) is 9.97 Å². The molecule has 0 saturated heterocycles. The van der Waals surface area contributed by atoms with Crippen LogP contribution in [0.4, 0.5) is 0 Å². The molecule has 0 spiro atoms. The Labute approximate surface area is 139 Å². The van der Waals surface area contributed by atoms with Crippen LogP contribution in [0.5, 0.6) is 0 Å². The highest BCUT2D eigenvalue weighted by molar-refractivity contribution is 7.71. The van der Waals surface area contributed by atoms with Crippen LogP contribution in [0.3, 0.4) is 0 Å². The summed E-state index contributed by atoms with van der Waals surface area (Å²) in [7, 11) is 0. The van der Waals surface area contributed by atoms with Gasteiger partial charge < -0.3 is 4.98 Å². The molecule has 0 amide bonds. The van der Waals surface area contributed by atoms with Gasteiger partial charge in [-0.15, -0.1) is 0 Å². The molecule has 3 nitrogen and oxygen atoms in total. The smallest absolute Gasteiger partial charge is 0.224 e. The van der Waals surface area contributed by atoms with Crippen molar-refractivity contribution >= 4 is 46.5 Å². The van der Waals surface area contributed by atoms with Gasteiger partial charge in [0.15, 0.2) is 5.15 Å². The second kappa shape index (κ2) is 6.59. The Balaban J connectivity index is 2.06. The molecule has 0 aromatic carbocycles. The van der Waals surface area contributed by atoms with E-state index in [9.17, 15) is 0 Å². The van der Waals surface area contributed by atoms with E-state index >= 15 is 0 Å². The summed E-state index contributed by atoms with van der Waals surface area (Å²) in [5, 5.41) is 0.460. The third-order valence-electron chi connectivity index (χ3n) is 4.23. The van der Waals surface area contributed by atoms with Crippen LogP contribution in [-0.4, -0.2) is 15.0 Å². The van der Waals surface area contributed by atoms with Crippen LogP contribution in [0.1, 0.15) is 56.4 Å². The van der Waals surface area contributed by atoms with E-state index < -0.39 is 0 Å². The lowest BCUT2D eigenvalue weighted by Gasteiger charge is -2.20. The van der Waals surface area contributed by atoms with Gasteiger partial charge >= 0.3 is 0 Å². The molecule has 2 aromatic rings. The summed E-state index contributed by atoms with van der Waals surface area (Å²) in [6.07, 6.45) is 10.9. The van der Waals surface area contributed by atoms with Crippen molar-refractivity contribution in [2.45, 2.75) is 50.9 Å². The van der Waals surface area contributed by atoms with E-state index in [-0.39, 0.29) is 5.28 Å². The minimum absolute atomic E-state index is 0.141. The number of nitrogens with zero attached hydrogens (tertiary/aromatic N) is 2. The maximum absolute atomic E-state index is 6.11. The highest BCUT2D eigenvalue weighted by Crippen LogP contribution is 2.33. The van der Waals surface area contributed by atoms with Crippen molar-refractivity contribution in [2.75, 3.05) is 0 Å². The molecular weight excluding hydrogens is 325 g/mol. The normalized spacial score (nSPS) is 17.6. The summed E-state index contributed by atoms with van der Waals surface area (Å²) in [5.41, 5.74) is 2.50. The molecule has 21 heavy (non-hydrogen) atoms. The van der Waals surface area contributed by atoms with E-state index in [1.165, 1.54) is 50.5 Å². The summed E-state index contributed by atoms with van der Waals surface area (Å²) in [4.78, 5) is 11.4. The minimum atomic E-state index is 0.141. The Kier molecular flexibility index (Phi) is 4.77. The Morgan fingerprint density at radius 2 is 1.71 bits per heavy atom. The quantitative estimate of drug-likeness (QED) is 0.403. The standard InChI is InChI=1S/C15H17Cl2N3S/c16-14-12-11(19-15(17)20-14)13(21)10(8-18-12)9-6-4-2-1-3-5-7-9/h8-9H,1-7H2,(H,18,21). The molecule has 3 rings (SSSR count). The average Bonchev–Trinajstić information content (AvgIpc) is 2.40. The van der Waals surface area contributed by atoms with Gasteiger partial charge in [0.25, 0.3) is 0 Å². The van der Waals surface area contributed by atoms with Crippen LogP contribution in [0.25, 0.3) is 11.0 Å². The second-order valence-electron chi connectivity index (χ2n) is 5.62. The Morgan fingerprint density at radius 3 is 2.43 bits per heavy atom. The maximum Gasteiger partial charge on any atom is 0.224 e. The zero-order chi connectivity index (χ0) is 14.8. The molecule has 0 aliphatic heterocycles. The first-order valence-electron chi connectivity index (χ1n) is 7.41. The lowest BCUT2D eigenvalue weighted by atomic mass is 9.86. The van der Waals surface area contributed by atoms with E-state index in [0.29, 0.717) is 22.1 Å². The van der Waals surface area contributed by atoms with E-state index in [0.717, 1.165) is 4.51 Å². The molecule has 0 atom stereocenters. The van der Waals surface area contributed by atoms with Crippen molar-refractivity contribution in [3.63, 3.8) is 0 Å². The van der Waals surface area contributed by atoms with Crippen molar-refractivity contribution < 1.29 is 0 Å². The maximum atomic E-state index is 6.11.